The number of rotatable bonds is 5. The predicted molar refractivity (Wildman–Crippen MR) is 91.2 cm³/mol. The van der Waals surface area contributed by atoms with E-state index in [9.17, 15) is 9.59 Å². The van der Waals surface area contributed by atoms with Crippen molar-refractivity contribution in [3.8, 4) is 0 Å². The number of benzene rings is 1. The van der Waals surface area contributed by atoms with Crippen LogP contribution in [0, 0.1) is 0 Å². The van der Waals surface area contributed by atoms with Crippen LogP contribution in [-0.4, -0.2) is 41.9 Å². The van der Waals surface area contributed by atoms with Crippen LogP contribution in [0.2, 0.25) is 5.02 Å². The molecule has 1 saturated heterocycles. The van der Waals surface area contributed by atoms with Crippen LogP contribution >= 0.6 is 11.6 Å². The summed E-state index contributed by atoms with van der Waals surface area (Å²) in [6, 6.07) is 7.13. The Balaban J connectivity index is 2.00. The molecule has 1 aliphatic heterocycles. The second-order valence-electron chi connectivity index (χ2n) is 6.33. The fraction of sp³-hybridized carbons (Fsp3) is 0.529. The molecular weight excluding hydrogens is 314 g/mol. The molecule has 2 N–H and O–H groups in total. The normalized spacial score (nSPS) is 18.7. The van der Waals surface area contributed by atoms with Crippen molar-refractivity contribution in [1.82, 2.24) is 15.5 Å². The average Bonchev–Trinajstić information content (AvgIpc) is 3.03. The smallest absolute Gasteiger partial charge is 0.239 e. The molecule has 2 amide bonds. The lowest BCUT2D eigenvalue weighted by Gasteiger charge is -2.37. The Hall–Kier alpha value is -1.59. The van der Waals surface area contributed by atoms with Crippen LogP contribution in [0.25, 0.3) is 0 Å². The molecule has 1 aromatic rings. The minimum Gasteiger partial charge on any atom is -0.358 e. The molecule has 0 aromatic heterocycles. The van der Waals surface area contributed by atoms with Crippen LogP contribution in [-0.2, 0) is 16.1 Å². The van der Waals surface area contributed by atoms with Gasteiger partial charge in [-0.15, -0.1) is 0 Å². The molecule has 23 heavy (non-hydrogen) atoms. The van der Waals surface area contributed by atoms with Crippen LogP contribution in [0.4, 0.5) is 0 Å². The third kappa shape index (κ3) is 4.03. The van der Waals surface area contributed by atoms with Crippen molar-refractivity contribution in [1.29, 1.82) is 0 Å². The van der Waals surface area contributed by atoms with Gasteiger partial charge >= 0.3 is 0 Å². The van der Waals surface area contributed by atoms with Gasteiger partial charge in [0.1, 0.15) is 0 Å². The number of carbonyl (C=O) groups is 2. The van der Waals surface area contributed by atoms with E-state index in [1.54, 1.807) is 19.2 Å². The first-order valence-electron chi connectivity index (χ1n) is 7.87. The molecule has 1 heterocycles. The standard InChI is InChI=1S/C17H24ClN3O2/c1-17(2,16(23)19-3)21-10-4-5-14(21)15(22)20-11-12-6-8-13(18)9-7-12/h6-9,14H,4-5,10-11H2,1-3H3,(H,19,23)(H,20,22)/t14-/m0/s1. The summed E-state index contributed by atoms with van der Waals surface area (Å²) in [6.45, 7) is 4.92. The van der Waals surface area contributed by atoms with Gasteiger partial charge in [-0.1, -0.05) is 23.7 Å². The zero-order valence-electron chi connectivity index (χ0n) is 13.9. The number of likely N-dealkylation sites (tertiary alicyclic amines) is 1. The predicted octanol–water partition coefficient (Wildman–Crippen LogP) is 1.95. The molecule has 0 saturated carbocycles. The number of halogens is 1. The topological polar surface area (TPSA) is 61.4 Å². The number of nitrogens with zero attached hydrogens (tertiary/aromatic N) is 1. The zero-order valence-corrected chi connectivity index (χ0v) is 14.6. The molecule has 1 aliphatic rings. The summed E-state index contributed by atoms with van der Waals surface area (Å²) >= 11 is 5.86. The maximum Gasteiger partial charge on any atom is 0.239 e. The minimum absolute atomic E-state index is 0.0329. The molecule has 0 radical (unpaired) electrons. The largest absolute Gasteiger partial charge is 0.358 e. The Bertz CT molecular complexity index is 572. The van der Waals surface area contributed by atoms with Crippen LogP contribution in [0.5, 0.6) is 0 Å². The monoisotopic (exact) mass is 337 g/mol. The first-order chi connectivity index (χ1) is 10.9. The van der Waals surface area contributed by atoms with Gasteiger partial charge in [-0.2, -0.15) is 0 Å². The lowest BCUT2D eigenvalue weighted by Crippen LogP contribution is -2.58. The van der Waals surface area contributed by atoms with E-state index in [1.165, 1.54) is 0 Å². The number of hydrogen-bond acceptors (Lipinski definition) is 3. The van der Waals surface area contributed by atoms with E-state index < -0.39 is 5.54 Å². The third-order valence-electron chi connectivity index (χ3n) is 4.44. The second kappa shape index (κ2) is 7.32. The number of hydrogen-bond donors (Lipinski definition) is 2. The molecule has 0 aliphatic carbocycles. The highest BCUT2D eigenvalue weighted by Crippen LogP contribution is 2.27. The molecule has 0 bridgehead atoms. The molecule has 6 heteroatoms. The summed E-state index contributed by atoms with van der Waals surface area (Å²) in [4.78, 5) is 26.6. The Morgan fingerprint density at radius 1 is 1.30 bits per heavy atom. The van der Waals surface area contributed by atoms with Crippen LogP contribution in [0.15, 0.2) is 24.3 Å². The van der Waals surface area contributed by atoms with Crippen molar-refractivity contribution >= 4 is 23.4 Å². The van der Waals surface area contributed by atoms with Gasteiger partial charge in [-0.05, 0) is 44.4 Å². The molecule has 1 fully saturated rings. The van der Waals surface area contributed by atoms with Gasteiger partial charge in [0.05, 0.1) is 11.6 Å². The van der Waals surface area contributed by atoms with Gasteiger partial charge in [-0.3, -0.25) is 14.5 Å². The van der Waals surface area contributed by atoms with E-state index in [0.29, 0.717) is 11.6 Å². The summed E-state index contributed by atoms with van der Waals surface area (Å²) in [5.41, 5.74) is 0.297. The van der Waals surface area contributed by atoms with Gasteiger partial charge in [0.15, 0.2) is 0 Å². The Morgan fingerprint density at radius 2 is 1.96 bits per heavy atom. The summed E-state index contributed by atoms with van der Waals surface area (Å²) < 4.78 is 0. The highest BCUT2D eigenvalue weighted by atomic mass is 35.5. The fourth-order valence-corrected chi connectivity index (χ4v) is 3.18. The first kappa shape index (κ1) is 17.8. The van der Waals surface area contributed by atoms with E-state index >= 15 is 0 Å². The second-order valence-corrected chi connectivity index (χ2v) is 6.77. The first-order valence-corrected chi connectivity index (χ1v) is 8.25. The van der Waals surface area contributed by atoms with Gasteiger partial charge in [0, 0.05) is 25.2 Å². The lowest BCUT2D eigenvalue weighted by atomic mass is 10.00. The quantitative estimate of drug-likeness (QED) is 0.863. The van der Waals surface area contributed by atoms with Crippen LogP contribution < -0.4 is 10.6 Å². The average molecular weight is 338 g/mol. The van der Waals surface area contributed by atoms with Crippen molar-refractivity contribution in [2.45, 2.75) is 44.8 Å². The highest BCUT2D eigenvalue weighted by molar-refractivity contribution is 6.30. The zero-order chi connectivity index (χ0) is 17.0. The highest BCUT2D eigenvalue weighted by Gasteiger charge is 2.43. The Kier molecular flexibility index (Phi) is 5.65. The van der Waals surface area contributed by atoms with Gasteiger partial charge < -0.3 is 10.6 Å². The van der Waals surface area contributed by atoms with Crippen molar-refractivity contribution in [3.05, 3.63) is 34.9 Å². The number of likely N-dealkylation sites (N-methyl/N-ethyl adjacent to an activating group) is 1. The van der Waals surface area contributed by atoms with E-state index in [4.69, 9.17) is 11.6 Å². The summed E-state index contributed by atoms with van der Waals surface area (Å²) in [7, 11) is 1.62. The number of carbonyl (C=O) groups excluding carboxylic acids is 2. The third-order valence-corrected chi connectivity index (χ3v) is 4.69. The Labute approximate surface area is 142 Å². The maximum absolute atomic E-state index is 12.5. The fourth-order valence-electron chi connectivity index (χ4n) is 3.05. The summed E-state index contributed by atoms with van der Waals surface area (Å²) in [6.07, 6.45) is 1.69. The van der Waals surface area contributed by atoms with Crippen molar-refractivity contribution in [2.24, 2.45) is 0 Å². The molecule has 1 aromatic carbocycles. The maximum atomic E-state index is 12.5. The van der Waals surface area contributed by atoms with Crippen molar-refractivity contribution in [2.75, 3.05) is 13.6 Å². The van der Waals surface area contributed by atoms with Crippen LogP contribution in [0.1, 0.15) is 32.3 Å². The van der Waals surface area contributed by atoms with Crippen molar-refractivity contribution < 1.29 is 9.59 Å². The van der Waals surface area contributed by atoms with Crippen LogP contribution in [0.3, 0.4) is 0 Å². The van der Waals surface area contributed by atoms with E-state index in [1.807, 2.05) is 30.9 Å². The van der Waals surface area contributed by atoms with E-state index in [2.05, 4.69) is 10.6 Å². The molecule has 0 spiro atoms. The molecular formula is C17H24ClN3O2. The van der Waals surface area contributed by atoms with Crippen molar-refractivity contribution in [3.63, 3.8) is 0 Å². The number of nitrogens with one attached hydrogen (secondary N) is 2. The molecule has 1 atom stereocenters. The minimum atomic E-state index is -0.701. The summed E-state index contributed by atoms with van der Waals surface area (Å²) in [5, 5.41) is 6.32. The van der Waals surface area contributed by atoms with Gasteiger partial charge in [-0.25, -0.2) is 0 Å². The van der Waals surface area contributed by atoms with E-state index in [0.717, 1.165) is 24.9 Å². The molecule has 2 rings (SSSR count). The molecule has 126 valence electrons. The van der Waals surface area contributed by atoms with Gasteiger partial charge in [0.2, 0.25) is 11.8 Å². The van der Waals surface area contributed by atoms with Gasteiger partial charge in [0.25, 0.3) is 0 Å². The Morgan fingerprint density at radius 3 is 2.57 bits per heavy atom. The molecule has 5 nitrogen and oxygen atoms in total. The van der Waals surface area contributed by atoms with E-state index in [-0.39, 0.29) is 17.9 Å². The SMILES string of the molecule is CNC(=O)C(C)(C)N1CCC[C@H]1C(=O)NCc1ccc(Cl)cc1. The lowest BCUT2D eigenvalue weighted by molar-refractivity contribution is -0.136. The summed E-state index contributed by atoms with van der Waals surface area (Å²) in [5.74, 6) is -0.107. The molecule has 0 unspecified atom stereocenters. The number of amides is 2.